The molecule has 3 N–H and O–H groups in total. The minimum Gasteiger partial charge on any atom is -0.364 e. The van der Waals surface area contributed by atoms with E-state index in [0.717, 1.165) is 0 Å². The minimum absolute atomic E-state index is 0.0643. The van der Waals surface area contributed by atoms with E-state index in [-0.39, 0.29) is 23.7 Å². The number of nitrogens with one attached hydrogen (secondary N) is 1. The van der Waals surface area contributed by atoms with Crippen LogP contribution in [-0.2, 0) is 16.6 Å². The Morgan fingerprint density at radius 2 is 2.25 bits per heavy atom. The predicted octanol–water partition coefficient (Wildman–Crippen LogP) is -1.04. The Bertz CT molecular complexity index is 508. The SMILES string of the molecule is CCn1ccnc(NCCS(N)(=O)=O)c1=O. The highest BCUT2D eigenvalue weighted by molar-refractivity contribution is 7.89. The van der Waals surface area contributed by atoms with Gasteiger partial charge in [0.1, 0.15) is 0 Å². The van der Waals surface area contributed by atoms with Gasteiger partial charge in [-0.05, 0) is 6.92 Å². The van der Waals surface area contributed by atoms with Gasteiger partial charge in [-0.25, -0.2) is 18.5 Å². The van der Waals surface area contributed by atoms with Gasteiger partial charge in [0.25, 0.3) is 5.56 Å². The minimum atomic E-state index is -3.52. The zero-order valence-electron chi connectivity index (χ0n) is 8.88. The van der Waals surface area contributed by atoms with Crippen molar-refractivity contribution >= 4 is 15.8 Å². The number of sulfonamides is 1. The molecule has 0 aliphatic carbocycles. The van der Waals surface area contributed by atoms with Gasteiger partial charge in [-0.3, -0.25) is 4.79 Å². The molecule has 90 valence electrons. The number of nitrogens with two attached hydrogens (primary N) is 1. The lowest BCUT2D eigenvalue weighted by molar-refractivity contribution is 0.598. The third-order valence-corrected chi connectivity index (χ3v) is 2.71. The van der Waals surface area contributed by atoms with E-state index in [1.807, 2.05) is 6.92 Å². The molecule has 0 aliphatic heterocycles. The fraction of sp³-hybridized carbons (Fsp3) is 0.500. The molecule has 0 amide bonds. The normalized spacial score (nSPS) is 11.4. The number of hydrogen-bond acceptors (Lipinski definition) is 5. The van der Waals surface area contributed by atoms with E-state index in [4.69, 9.17) is 5.14 Å². The fourth-order valence-electron chi connectivity index (χ4n) is 1.13. The van der Waals surface area contributed by atoms with Crippen LogP contribution in [0.15, 0.2) is 17.2 Å². The van der Waals surface area contributed by atoms with Crippen molar-refractivity contribution in [2.75, 3.05) is 17.6 Å². The van der Waals surface area contributed by atoms with Crippen LogP contribution < -0.4 is 16.0 Å². The number of hydrogen-bond donors (Lipinski definition) is 2. The average molecular weight is 246 g/mol. The highest BCUT2D eigenvalue weighted by atomic mass is 32.2. The number of primary sulfonamides is 1. The van der Waals surface area contributed by atoms with Crippen molar-refractivity contribution in [3.63, 3.8) is 0 Å². The van der Waals surface area contributed by atoms with E-state index in [0.29, 0.717) is 6.54 Å². The number of nitrogens with zero attached hydrogens (tertiary/aromatic N) is 2. The first-order valence-electron chi connectivity index (χ1n) is 4.74. The monoisotopic (exact) mass is 246 g/mol. The molecule has 16 heavy (non-hydrogen) atoms. The Hall–Kier alpha value is -1.41. The summed E-state index contributed by atoms with van der Waals surface area (Å²) in [6.45, 7) is 2.43. The highest BCUT2D eigenvalue weighted by Gasteiger charge is 2.05. The molecule has 0 aliphatic rings. The third-order valence-electron chi connectivity index (χ3n) is 1.93. The summed E-state index contributed by atoms with van der Waals surface area (Å²) >= 11 is 0. The third kappa shape index (κ3) is 3.63. The maximum absolute atomic E-state index is 11.6. The average Bonchev–Trinajstić information content (AvgIpc) is 2.19. The lowest BCUT2D eigenvalue weighted by atomic mass is 10.5. The molecule has 0 unspecified atom stereocenters. The van der Waals surface area contributed by atoms with Crippen molar-refractivity contribution in [3.8, 4) is 0 Å². The quantitative estimate of drug-likeness (QED) is 0.690. The van der Waals surface area contributed by atoms with Gasteiger partial charge in [-0.1, -0.05) is 0 Å². The number of aryl methyl sites for hydroxylation is 1. The summed E-state index contributed by atoms with van der Waals surface area (Å²) in [5.41, 5.74) is -0.278. The van der Waals surface area contributed by atoms with Crippen LogP contribution in [0.4, 0.5) is 5.82 Å². The van der Waals surface area contributed by atoms with Crippen LogP contribution in [0.2, 0.25) is 0 Å². The summed E-state index contributed by atoms with van der Waals surface area (Å²) in [4.78, 5) is 15.4. The van der Waals surface area contributed by atoms with Crippen molar-refractivity contribution in [1.29, 1.82) is 0 Å². The zero-order valence-corrected chi connectivity index (χ0v) is 9.70. The van der Waals surface area contributed by atoms with Crippen LogP contribution in [0.5, 0.6) is 0 Å². The van der Waals surface area contributed by atoms with Gasteiger partial charge >= 0.3 is 0 Å². The van der Waals surface area contributed by atoms with E-state index in [1.54, 1.807) is 6.20 Å². The Morgan fingerprint density at radius 1 is 1.56 bits per heavy atom. The first kappa shape index (κ1) is 12.7. The highest BCUT2D eigenvalue weighted by Crippen LogP contribution is 1.92. The van der Waals surface area contributed by atoms with Gasteiger partial charge in [-0.2, -0.15) is 0 Å². The van der Waals surface area contributed by atoms with Crippen molar-refractivity contribution < 1.29 is 8.42 Å². The molecule has 0 fully saturated rings. The molecule has 1 rings (SSSR count). The van der Waals surface area contributed by atoms with Gasteiger partial charge in [0.2, 0.25) is 10.0 Å². The number of rotatable bonds is 5. The van der Waals surface area contributed by atoms with Crippen LogP contribution in [0.1, 0.15) is 6.92 Å². The second kappa shape index (κ2) is 5.08. The van der Waals surface area contributed by atoms with Crippen LogP contribution in [0, 0.1) is 0 Å². The lowest BCUT2D eigenvalue weighted by Gasteiger charge is -2.06. The van der Waals surface area contributed by atoms with Gasteiger partial charge in [0.15, 0.2) is 5.82 Å². The molecular weight excluding hydrogens is 232 g/mol. The Balaban J connectivity index is 2.72. The summed E-state index contributed by atoms with van der Waals surface area (Å²) in [6, 6.07) is 0. The number of aromatic nitrogens is 2. The Morgan fingerprint density at radius 3 is 2.81 bits per heavy atom. The van der Waals surface area contributed by atoms with Crippen molar-refractivity contribution in [2.45, 2.75) is 13.5 Å². The van der Waals surface area contributed by atoms with Crippen molar-refractivity contribution in [3.05, 3.63) is 22.7 Å². The summed E-state index contributed by atoms with van der Waals surface area (Å²) in [7, 11) is -3.52. The van der Waals surface area contributed by atoms with E-state index in [1.165, 1.54) is 10.8 Å². The van der Waals surface area contributed by atoms with Gasteiger partial charge in [0, 0.05) is 25.5 Å². The molecule has 0 spiro atoms. The topological polar surface area (TPSA) is 107 Å². The number of anilines is 1. The molecule has 1 aromatic heterocycles. The molecule has 0 radical (unpaired) electrons. The maximum atomic E-state index is 11.6. The van der Waals surface area contributed by atoms with Crippen LogP contribution in [0.3, 0.4) is 0 Å². The molecule has 1 aromatic rings. The van der Waals surface area contributed by atoms with Crippen LogP contribution in [-0.4, -0.2) is 30.3 Å². The van der Waals surface area contributed by atoms with E-state index >= 15 is 0 Å². The van der Waals surface area contributed by atoms with E-state index in [9.17, 15) is 13.2 Å². The smallest absolute Gasteiger partial charge is 0.293 e. The summed E-state index contributed by atoms with van der Waals surface area (Å²) in [5, 5.41) is 7.46. The van der Waals surface area contributed by atoms with Gasteiger partial charge < -0.3 is 9.88 Å². The predicted molar refractivity (Wildman–Crippen MR) is 60.6 cm³/mol. The summed E-state index contributed by atoms with van der Waals surface area (Å²) in [6.07, 6.45) is 3.04. The fourth-order valence-corrected chi connectivity index (χ4v) is 1.52. The molecule has 0 saturated carbocycles. The molecule has 1 heterocycles. The van der Waals surface area contributed by atoms with Crippen LogP contribution >= 0.6 is 0 Å². The van der Waals surface area contributed by atoms with E-state index < -0.39 is 10.0 Å². The van der Waals surface area contributed by atoms with Crippen molar-refractivity contribution in [1.82, 2.24) is 9.55 Å². The van der Waals surface area contributed by atoms with Crippen LogP contribution in [0.25, 0.3) is 0 Å². The molecule has 8 heteroatoms. The zero-order chi connectivity index (χ0) is 12.2. The standard InChI is InChI=1S/C8H14N4O3S/c1-2-12-5-3-10-7(8(12)13)11-4-6-16(9,14)15/h3,5H,2,4,6H2,1H3,(H,10,11)(H2,9,14,15). The summed E-state index contributed by atoms with van der Waals surface area (Å²) in [5.74, 6) is -0.109. The molecule has 0 atom stereocenters. The first-order valence-corrected chi connectivity index (χ1v) is 6.45. The second-order valence-electron chi connectivity index (χ2n) is 3.16. The van der Waals surface area contributed by atoms with Gasteiger partial charge in [0.05, 0.1) is 5.75 Å². The lowest BCUT2D eigenvalue weighted by Crippen LogP contribution is -2.27. The largest absolute Gasteiger partial charge is 0.364 e. The maximum Gasteiger partial charge on any atom is 0.293 e. The molecule has 0 bridgehead atoms. The van der Waals surface area contributed by atoms with E-state index in [2.05, 4.69) is 10.3 Å². The van der Waals surface area contributed by atoms with Gasteiger partial charge in [-0.15, -0.1) is 0 Å². The molecule has 0 saturated heterocycles. The second-order valence-corrected chi connectivity index (χ2v) is 4.89. The molecule has 0 aromatic carbocycles. The first-order chi connectivity index (χ1) is 7.44. The Kier molecular flexibility index (Phi) is 4.02. The molecule has 7 nitrogen and oxygen atoms in total. The Labute approximate surface area is 93.4 Å². The molecular formula is C8H14N4O3S. The summed E-state index contributed by atoms with van der Waals surface area (Å²) < 4.78 is 22.8. The van der Waals surface area contributed by atoms with Crippen molar-refractivity contribution in [2.24, 2.45) is 5.14 Å².